The van der Waals surface area contributed by atoms with Crippen LogP contribution in [0.5, 0.6) is 0 Å². The van der Waals surface area contributed by atoms with E-state index in [9.17, 15) is 4.79 Å². The van der Waals surface area contributed by atoms with Gasteiger partial charge < -0.3 is 15.4 Å². The molecule has 4 nitrogen and oxygen atoms in total. The molecular formula is C12H15IN2O2. The minimum absolute atomic E-state index is 0.0175. The highest BCUT2D eigenvalue weighted by atomic mass is 127. The van der Waals surface area contributed by atoms with E-state index in [0.29, 0.717) is 13.2 Å². The summed E-state index contributed by atoms with van der Waals surface area (Å²) < 4.78 is 6.42. The number of hydrogen-bond donors (Lipinski definition) is 2. The van der Waals surface area contributed by atoms with Gasteiger partial charge in [0.15, 0.2) is 0 Å². The maximum absolute atomic E-state index is 12.1. The molecule has 2 atom stereocenters. The SMILES string of the molecule is CNC1COCC1C(=O)Nc1cccc(I)c1. The molecule has 1 aliphatic rings. The van der Waals surface area contributed by atoms with Crippen molar-refractivity contribution in [3.8, 4) is 0 Å². The molecule has 1 aromatic rings. The number of nitrogens with one attached hydrogen (secondary N) is 2. The van der Waals surface area contributed by atoms with Crippen LogP contribution in [0.4, 0.5) is 5.69 Å². The van der Waals surface area contributed by atoms with Gasteiger partial charge in [0, 0.05) is 15.3 Å². The van der Waals surface area contributed by atoms with E-state index in [-0.39, 0.29) is 17.9 Å². The van der Waals surface area contributed by atoms with Crippen molar-refractivity contribution >= 4 is 34.2 Å². The highest BCUT2D eigenvalue weighted by molar-refractivity contribution is 14.1. The van der Waals surface area contributed by atoms with Gasteiger partial charge in [-0.3, -0.25) is 4.79 Å². The summed E-state index contributed by atoms with van der Waals surface area (Å²) in [6.07, 6.45) is 0. The first-order valence-electron chi connectivity index (χ1n) is 5.52. The third kappa shape index (κ3) is 3.17. The summed E-state index contributed by atoms with van der Waals surface area (Å²) in [5, 5.41) is 6.03. The van der Waals surface area contributed by atoms with Crippen LogP contribution in [-0.4, -0.2) is 32.2 Å². The van der Waals surface area contributed by atoms with Crippen molar-refractivity contribution in [1.29, 1.82) is 0 Å². The molecule has 5 heteroatoms. The van der Waals surface area contributed by atoms with Gasteiger partial charge in [0.2, 0.25) is 5.91 Å². The molecule has 1 aromatic carbocycles. The molecule has 1 fully saturated rings. The Labute approximate surface area is 114 Å². The summed E-state index contributed by atoms with van der Waals surface area (Å²) in [6, 6.07) is 7.87. The lowest BCUT2D eigenvalue weighted by Crippen LogP contribution is -2.39. The van der Waals surface area contributed by atoms with Crippen LogP contribution >= 0.6 is 22.6 Å². The second-order valence-corrected chi connectivity index (χ2v) is 5.28. The summed E-state index contributed by atoms with van der Waals surface area (Å²) in [6.45, 7) is 1.09. The van der Waals surface area contributed by atoms with Crippen LogP contribution in [-0.2, 0) is 9.53 Å². The van der Waals surface area contributed by atoms with E-state index in [2.05, 4.69) is 33.2 Å². The predicted molar refractivity (Wildman–Crippen MR) is 74.9 cm³/mol. The lowest BCUT2D eigenvalue weighted by molar-refractivity contribution is -0.120. The van der Waals surface area contributed by atoms with Crippen molar-refractivity contribution in [3.63, 3.8) is 0 Å². The average molecular weight is 346 g/mol. The number of anilines is 1. The van der Waals surface area contributed by atoms with Gasteiger partial charge in [-0.1, -0.05) is 6.07 Å². The molecular weight excluding hydrogens is 331 g/mol. The largest absolute Gasteiger partial charge is 0.379 e. The number of likely N-dealkylation sites (N-methyl/N-ethyl adjacent to an activating group) is 1. The maximum Gasteiger partial charge on any atom is 0.231 e. The first-order chi connectivity index (χ1) is 8.20. The Morgan fingerprint density at radius 2 is 2.29 bits per heavy atom. The number of hydrogen-bond acceptors (Lipinski definition) is 3. The lowest BCUT2D eigenvalue weighted by Gasteiger charge is -2.16. The second kappa shape index (κ2) is 5.79. The maximum atomic E-state index is 12.1. The van der Waals surface area contributed by atoms with Crippen molar-refractivity contribution in [2.45, 2.75) is 6.04 Å². The van der Waals surface area contributed by atoms with Crippen LogP contribution in [0.1, 0.15) is 0 Å². The topological polar surface area (TPSA) is 50.4 Å². The van der Waals surface area contributed by atoms with Crippen LogP contribution < -0.4 is 10.6 Å². The molecule has 1 saturated heterocycles. The number of carbonyl (C=O) groups is 1. The minimum atomic E-state index is -0.113. The summed E-state index contributed by atoms with van der Waals surface area (Å²) in [5.41, 5.74) is 0.837. The number of ether oxygens (including phenoxy) is 1. The van der Waals surface area contributed by atoms with E-state index >= 15 is 0 Å². The van der Waals surface area contributed by atoms with Gasteiger partial charge >= 0.3 is 0 Å². The molecule has 2 rings (SSSR count). The van der Waals surface area contributed by atoms with E-state index in [1.807, 2.05) is 31.3 Å². The molecule has 1 heterocycles. The average Bonchev–Trinajstić information content (AvgIpc) is 2.77. The monoisotopic (exact) mass is 346 g/mol. The summed E-state index contributed by atoms with van der Waals surface area (Å²) >= 11 is 2.22. The number of halogens is 1. The molecule has 17 heavy (non-hydrogen) atoms. The van der Waals surface area contributed by atoms with Gasteiger partial charge in [-0.25, -0.2) is 0 Å². The van der Waals surface area contributed by atoms with Gasteiger partial charge in [0.1, 0.15) is 0 Å². The van der Waals surface area contributed by atoms with Crippen LogP contribution in [0.3, 0.4) is 0 Å². The Morgan fingerprint density at radius 3 is 3.00 bits per heavy atom. The normalized spacial score (nSPS) is 23.6. The van der Waals surface area contributed by atoms with E-state index in [1.54, 1.807) is 0 Å². The van der Waals surface area contributed by atoms with Crippen molar-refractivity contribution in [3.05, 3.63) is 27.8 Å². The Bertz CT molecular complexity index is 411. The molecule has 1 amide bonds. The Balaban J connectivity index is 2.01. The fourth-order valence-corrected chi connectivity index (χ4v) is 2.44. The smallest absolute Gasteiger partial charge is 0.231 e. The molecule has 2 unspecified atom stereocenters. The zero-order chi connectivity index (χ0) is 12.3. The van der Waals surface area contributed by atoms with E-state index < -0.39 is 0 Å². The highest BCUT2D eigenvalue weighted by Crippen LogP contribution is 2.18. The molecule has 0 aliphatic carbocycles. The van der Waals surface area contributed by atoms with Crippen molar-refractivity contribution < 1.29 is 9.53 Å². The molecule has 2 N–H and O–H groups in total. The Morgan fingerprint density at radius 1 is 1.47 bits per heavy atom. The molecule has 0 saturated carbocycles. The van der Waals surface area contributed by atoms with E-state index in [1.165, 1.54) is 0 Å². The van der Waals surface area contributed by atoms with Crippen molar-refractivity contribution in [2.75, 3.05) is 25.6 Å². The number of benzene rings is 1. The van der Waals surface area contributed by atoms with Crippen molar-refractivity contribution in [2.24, 2.45) is 5.92 Å². The van der Waals surface area contributed by atoms with Gasteiger partial charge in [-0.2, -0.15) is 0 Å². The molecule has 0 radical (unpaired) electrons. The van der Waals surface area contributed by atoms with Gasteiger partial charge in [0.25, 0.3) is 0 Å². The first kappa shape index (κ1) is 12.8. The molecule has 0 bridgehead atoms. The van der Waals surface area contributed by atoms with E-state index in [0.717, 1.165) is 9.26 Å². The van der Waals surface area contributed by atoms with Crippen LogP contribution in [0.2, 0.25) is 0 Å². The van der Waals surface area contributed by atoms with E-state index in [4.69, 9.17) is 4.74 Å². The number of rotatable bonds is 3. The Hall–Kier alpha value is -0.660. The standard InChI is InChI=1S/C12H15IN2O2/c1-14-11-7-17-6-10(11)12(16)15-9-4-2-3-8(13)5-9/h2-5,10-11,14H,6-7H2,1H3,(H,15,16). The fraction of sp³-hybridized carbons (Fsp3) is 0.417. The third-order valence-electron chi connectivity index (χ3n) is 2.88. The van der Waals surface area contributed by atoms with Crippen LogP contribution in [0, 0.1) is 9.49 Å². The third-order valence-corrected chi connectivity index (χ3v) is 3.55. The Kier molecular flexibility index (Phi) is 4.36. The summed E-state index contributed by atoms with van der Waals surface area (Å²) in [4.78, 5) is 12.1. The molecule has 92 valence electrons. The quantitative estimate of drug-likeness (QED) is 0.815. The highest BCUT2D eigenvalue weighted by Gasteiger charge is 2.32. The number of carbonyl (C=O) groups excluding carboxylic acids is 1. The zero-order valence-electron chi connectivity index (χ0n) is 9.57. The van der Waals surface area contributed by atoms with Gasteiger partial charge in [-0.15, -0.1) is 0 Å². The summed E-state index contributed by atoms with van der Waals surface area (Å²) in [5.74, 6) is -0.0956. The van der Waals surface area contributed by atoms with Crippen LogP contribution in [0.15, 0.2) is 24.3 Å². The minimum Gasteiger partial charge on any atom is -0.379 e. The lowest BCUT2D eigenvalue weighted by atomic mass is 10.0. The zero-order valence-corrected chi connectivity index (χ0v) is 11.7. The van der Waals surface area contributed by atoms with Gasteiger partial charge in [0.05, 0.1) is 19.1 Å². The summed E-state index contributed by atoms with van der Waals surface area (Å²) in [7, 11) is 1.85. The first-order valence-corrected chi connectivity index (χ1v) is 6.60. The van der Waals surface area contributed by atoms with Crippen molar-refractivity contribution in [1.82, 2.24) is 5.32 Å². The molecule has 1 aliphatic heterocycles. The molecule has 0 aromatic heterocycles. The fourth-order valence-electron chi connectivity index (χ4n) is 1.90. The van der Waals surface area contributed by atoms with Gasteiger partial charge in [-0.05, 0) is 47.8 Å². The predicted octanol–water partition coefficient (Wildman–Crippen LogP) is 1.46. The molecule has 0 spiro atoms. The number of amides is 1. The van der Waals surface area contributed by atoms with Crippen LogP contribution in [0.25, 0.3) is 0 Å². The second-order valence-electron chi connectivity index (χ2n) is 4.04.